The lowest BCUT2D eigenvalue weighted by Gasteiger charge is -2.23. The standard InChI is InChI=1S/C18H22FNO/c1-4-18(14-8-10-16(19)11-9-14)20-13(2)15-6-5-7-17(12-15)21-3/h5-13,18,20H,4H2,1-3H3/t13-,18?/m0/s1. The first kappa shape index (κ1) is 15.5. The summed E-state index contributed by atoms with van der Waals surface area (Å²) in [5.74, 6) is 0.658. The summed E-state index contributed by atoms with van der Waals surface area (Å²) in [6.07, 6.45) is 0.944. The molecule has 2 aromatic carbocycles. The predicted molar refractivity (Wildman–Crippen MR) is 84.0 cm³/mol. The third-order valence-electron chi connectivity index (χ3n) is 3.73. The van der Waals surface area contributed by atoms with Gasteiger partial charge < -0.3 is 10.1 Å². The second-order valence-corrected chi connectivity index (χ2v) is 5.18. The van der Waals surface area contributed by atoms with Gasteiger partial charge in [-0.05, 0) is 48.7 Å². The maximum atomic E-state index is 13.0. The molecule has 21 heavy (non-hydrogen) atoms. The fourth-order valence-electron chi connectivity index (χ4n) is 2.45. The molecule has 0 aliphatic heterocycles. The summed E-state index contributed by atoms with van der Waals surface area (Å²) in [4.78, 5) is 0. The second-order valence-electron chi connectivity index (χ2n) is 5.18. The minimum Gasteiger partial charge on any atom is -0.497 e. The van der Waals surface area contributed by atoms with Gasteiger partial charge in [0.05, 0.1) is 7.11 Å². The fourth-order valence-corrected chi connectivity index (χ4v) is 2.45. The van der Waals surface area contributed by atoms with Crippen LogP contribution >= 0.6 is 0 Å². The van der Waals surface area contributed by atoms with Crippen molar-refractivity contribution < 1.29 is 9.13 Å². The Morgan fingerprint density at radius 1 is 1.10 bits per heavy atom. The summed E-state index contributed by atoms with van der Waals surface area (Å²) in [5, 5.41) is 3.59. The van der Waals surface area contributed by atoms with Gasteiger partial charge in [0.2, 0.25) is 0 Å². The van der Waals surface area contributed by atoms with Crippen LogP contribution in [0.25, 0.3) is 0 Å². The van der Waals surface area contributed by atoms with Gasteiger partial charge in [-0.25, -0.2) is 4.39 Å². The number of methoxy groups -OCH3 is 1. The molecule has 2 nitrogen and oxygen atoms in total. The summed E-state index contributed by atoms with van der Waals surface area (Å²) in [6, 6.07) is 15.1. The smallest absolute Gasteiger partial charge is 0.123 e. The molecule has 1 unspecified atom stereocenters. The molecule has 3 heteroatoms. The summed E-state index contributed by atoms with van der Waals surface area (Å²) >= 11 is 0. The van der Waals surface area contributed by atoms with Crippen molar-refractivity contribution in [2.24, 2.45) is 0 Å². The van der Waals surface area contributed by atoms with E-state index in [-0.39, 0.29) is 17.9 Å². The van der Waals surface area contributed by atoms with Gasteiger partial charge in [0.15, 0.2) is 0 Å². The van der Waals surface area contributed by atoms with Crippen molar-refractivity contribution >= 4 is 0 Å². The highest BCUT2D eigenvalue weighted by Crippen LogP contribution is 2.24. The van der Waals surface area contributed by atoms with E-state index >= 15 is 0 Å². The Labute approximate surface area is 126 Å². The summed E-state index contributed by atoms with van der Waals surface area (Å²) in [6.45, 7) is 4.25. The molecule has 1 N–H and O–H groups in total. The molecule has 2 aromatic rings. The zero-order chi connectivity index (χ0) is 15.2. The van der Waals surface area contributed by atoms with Crippen molar-refractivity contribution in [2.75, 3.05) is 7.11 Å². The fraction of sp³-hybridized carbons (Fsp3) is 0.333. The van der Waals surface area contributed by atoms with E-state index in [1.807, 2.05) is 30.3 Å². The molecule has 0 aliphatic carbocycles. The summed E-state index contributed by atoms with van der Waals surface area (Å²) < 4.78 is 18.3. The van der Waals surface area contributed by atoms with Crippen molar-refractivity contribution in [3.8, 4) is 5.75 Å². The highest BCUT2D eigenvalue weighted by atomic mass is 19.1. The van der Waals surface area contributed by atoms with E-state index in [4.69, 9.17) is 4.74 Å². The Bertz CT molecular complexity index is 568. The molecule has 0 radical (unpaired) electrons. The normalized spacial score (nSPS) is 13.7. The molecule has 0 saturated carbocycles. The molecule has 112 valence electrons. The lowest BCUT2D eigenvalue weighted by Crippen LogP contribution is -2.24. The Balaban J connectivity index is 2.11. The van der Waals surface area contributed by atoms with Gasteiger partial charge in [0, 0.05) is 12.1 Å². The van der Waals surface area contributed by atoms with Crippen LogP contribution in [0.1, 0.15) is 43.5 Å². The van der Waals surface area contributed by atoms with Crippen LogP contribution in [0.15, 0.2) is 48.5 Å². The molecule has 0 bridgehead atoms. The summed E-state index contributed by atoms with van der Waals surface area (Å²) in [5.41, 5.74) is 2.28. The minimum atomic E-state index is -0.200. The highest BCUT2D eigenvalue weighted by molar-refractivity contribution is 5.30. The molecular formula is C18H22FNO. The van der Waals surface area contributed by atoms with Gasteiger partial charge >= 0.3 is 0 Å². The maximum absolute atomic E-state index is 13.0. The van der Waals surface area contributed by atoms with Gasteiger partial charge in [-0.1, -0.05) is 31.2 Å². The molecule has 0 saturated heterocycles. The quantitative estimate of drug-likeness (QED) is 0.836. The van der Waals surface area contributed by atoms with E-state index in [0.29, 0.717) is 0 Å². The Morgan fingerprint density at radius 2 is 1.81 bits per heavy atom. The first-order valence-corrected chi connectivity index (χ1v) is 7.29. The van der Waals surface area contributed by atoms with E-state index in [1.54, 1.807) is 7.11 Å². The number of benzene rings is 2. The first-order valence-electron chi connectivity index (χ1n) is 7.29. The number of ether oxygens (including phenoxy) is 1. The SMILES string of the molecule is CCC(N[C@@H](C)c1cccc(OC)c1)c1ccc(F)cc1. The topological polar surface area (TPSA) is 21.3 Å². The van der Waals surface area contributed by atoms with Gasteiger partial charge in [-0.3, -0.25) is 0 Å². The Kier molecular flexibility index (Phi) is 5.34. The number of halogens is 1. The molecule has 0 amide bonds. The molecule has 0 aliphatic rings. The summed E-state index contributed by atoms with van der Waals surface area (Å²) in [7, 11) is 1.67. The van der Waals surface area contributed by atoms with Gasteiger partial charge in [-0.15, -0.1) is 0 Å². The van der Waals surface area contributed by atoms with E-state index in [0.717, 1.165) is 17.7 Å². The molecule has 0 aromatic heterocycles. The minimum absolute atomic E-state index is 0.190. The molecule has 2 rings (SSSR count). The van der Waals surface area contributed by atoms with Crippen LogP contribution in [0.2, 0.25) is 0 Å². The zero-order valence-electron chi connectivity index (χ0n) is 12.8. The lowest BCUT2D eigenvalue weighted by molar-refractivity contribution is 0.411. The van der Waals surface area contributed by atoms with Gasteiger partial charge in [0.1, 0.15) is 11.6 Å². The zero-order valence-corrected chi connectivity index (χ0v) is 12.8. The number of rotatable bonds is 6. The number of nitrogens with one attached hydrogen (secondary N) is 1. The van der Waals surface area contributed by atoms with E-state index in [2.05, 4.69) is 25.2 Å². The molecule has 2 atom stereocenters. The number of hydrogen-bond acceptors (Lipinski definition) is 2. The van der Waals surface area contributed by atoms with Crippen molar-refractivity contribution in [1.82, 2.24) is 5.32 Å². The monoisotopic (exact) mass is 287 g/mol. The van der Waals surface area contributed by atoms with E-state index in [9.17, 15) is 4.39 Å². The average molecular weight is 287 g/mol. The van der Waals surface area contributed by atoms with Crippen molar-refractivity contribution in [1.29, 1.82) is 0 Å². The highest BCUT2D eigenvalue weighted by Gasteiger charge is 2.14. The van der Waals surface area contributed by atoms with Crippen LogP contribution < -0.4 is 10.1 Å². The van der Waals surface area contributed by atoms with Gasteiger partial charge in [0.25, 0.3) is 0 Å². The van der Waals surface area contributed by atoms with Gasteiger partial charge in [-0.2, -0.15) is 0 Å². The predicted octanol–water partition coefficient (Wildman–Crippen LogP) is 4.64. The third-order valence-corrected chi connectivity index (χ3v) is 3.73. The Hall–Kier alpha value is -1.87. The lowest BCUT2D eigenvalue weighted by atomic mass is 10.0. The van der Waals surface area contributed by atoms with E-state index in [1.165, 1.54) is 17.7 Å². The van der Waals surface area contributed by atoms with Crippen molar-refractivity contribution in [3.63, 3.8) is 0 Å². The molecule has 0 spiro atoms. The van der Waals surface area contributed by atoms with Crippen LogP contribution in [-0.4, -0.2) is 7.11 Å². The maximum Gasteiger partial charge on any atom is 0.123 e. The molecule has 0 heterocycles. The number of hydrogen-bond donors (Lipinski definition) is 1. The van der Waals surface area contributed by atoms with E-state index < -0.39 is 0 Å². The van der Waals surface area contributed by atoms with Crippen LogP contribution in [-0.2, 0) is 0 Å². The van der Waals surface area contributed by atoms with Crippen molar-refractivity contribution in [2.45, 2.75) is 32.4 Å². The Morgan fingerprint density at radius 3 is 2.43 bits per heavy atom. The molecular weight excluding hydrogens is 265 g/mol. The van der Waals surface area contributed by atoms with Crippen LogP contribution in [0.4, 0.5) is 4.39 Å². The average Bonchev–Trinajstić information content (AvgIpc) is 2.53. The van der Waals surface area contributed by atoms with Crippen LogP contribution in [0.3, 0.4) is 0 Å². The van der Waals surface area contributed by atoms with Crippen LogP contribution in [0, 0.1) is 5.82 Å². The second kappa shape index (κ2) is 7.23. The van der Waals surface area contributed by atoms with Crippen molar-refractivity contribution in [3.05, 3.63) is 65.5 Å². The van der Waals surface area contributed by atoms with Crippen LogP contribution in [0.5, 0.6) is 5.75 Å². The third kappa shape index (κ3) is 4.05. The molecule has 0 fully saturated rings. The first-order chi connectivity index (χ1) is 10.1. The largest absolute Gasteiger partial charge is 0.497 e.